The molecule has 2 amide bonds. The molecular formula is C23H26N4O2S. The SMILES string of the molecule is Cc1ccc(N2C(=O)c3cc(-c4cccs4)nn3C[C@@]2(C)C(=O)NC(C)(C)C)cc1. The lowest BCUT2D eigenvalue weighted by Crippen LogP contribution is -2.66. The van der Waals surface area contributed by atoms with Crippen molar-refractivity contribution >= 4 is 28.8 Å². The fraction of sp³-hybridized carbons (Fsp3) is 0.348. The number of rotatable bonds is 3. The maximum absolute atomic E-state index is 13.7. The van der Waals surface area contributed by atoms with Crippen molar-refractivity contribution in [3.05, 3.63) is 59.1 Å². The third kappa shape index (κ3) is 3.54. The lowest BCUT2D eigenvalue weighted by molar-refractivity contribution is -0.128. The zero-order valence-electron chi connectivity index (χ0n) is 17.9. The van der Waals surface area contributed by atoms with Crippen LogP contribution in [0, 0.1) is 6.92 Å². The topological polar surface area (TPSA) is 67.2 Å². The Balaban J connectivity index is 1.83. The van der Waals surface area contributed by atoms with Crippen LogP contribution in [0.3, 0.4) is 0 Å². The first-order chi connectivity index (χ1) is 14.1. The molecule has 4 rings (SSSR count). The zero-order valence-corrected chi connectivity index (χ0v) is 18.7. The predicted octanol–water partition coefficient (Wildman–Crippen LogP) is 4.25. The van der Waals surface area contributed by atoms with Crippen LogP contribution in [-0.2, 0) is 11.3 Å². The highest BCUT2D eigenvalue weighted by molar-refractivity contribution is 7.13. The average Bonchev–Trinajstić information content (AvgIpc) is 3.31. The second-order valence-corrected chi connectivity index (χ2v) is 9.95. The van der Waals surface area contributed by atoms with E-state index >= 15 is 0 Å². The van der Waals surface area contributed by atoms with E-state index in [4.69, 9.17) is 0 Å². The Labute approximate surface area is 180 Å². The zero-order chi connectivity index (χ0) is 21.7. The van der Waals surface area contributed by atoms with Gasteiger partial charge in [0.25, 0.3) is 5.91 Å². The number of hydrogen-bond donors (Lipinski definition) is 1. The van der Waals surface area contributed by atoms with Crippen LogP contribution in [0.15, 0.2) is 47.8 Å². The number of hydrogen-bond acceptors (Lipinski definition) is 4. The maximum atomic E-state index is 13.7. The molecule has 0 radical (unpaired) electrons. The summed E-state index contributed by atoms with van der Waals surface area (Å²) in [6.45, 7) is 9.88. The Bertz CT molecular complexity index is 1090. The first-order valence-corrected chi connectivity index (χ1v) is 10.8. The number of aryl methyl sites for hydroxylation is 1. The smallest absolute Gasteiger partial charge is 0.277 e. The Morgan fingerprint density at radius 2 is 1.90 bits per heavy atom. The highest BCUT2D eigenvalue weighted by Crippen LogP contribution is 2.35. The number of benzene rings is 1. The van der Waals surface area contributed by atoms with Crippen LogP contribution in [0.4, 0.5) is 5.69 Å². The molecule has 1 aliphatic heterocycles. The highest BCUT2D eigenvalue weighted by atomic mass is 32.1. The van der Waals surface area contributed by atoms with Gasteiger partial charge in [-0.3, -0.25) is 19.2 Å². The van der Waals surface area contributed by atoms with Gasteiger partial charge in [-0.2, -0.15) is 5.10 Å². The molecule has 6 nitrogen and oxygen atoms in total. The molecule has 0 aliphatic carbocycles. The molecule has 0 unspecified atom stereocenters. The summed E-state index contributed by atoms with van der Waals surface area (Å²) < 4.78 is 1.67. The fourth-order valence-electron chi connectivity index (χ4n) is 3.70. The lowest BCUT2D eigenvalue weighted by atomic mass is 9.92. The Morgan fingerprint density at radius 3 is 2.50 bits per heavy atom. The summed E-state index contributed by atoms with van der Waals surface area (Å²) in [4.78, 5) is 29.7. The number of amides is 2. The van der Waals surface area contributed by atoms with Crippen LogP contribution < -0.4 is 10.2 Å². The van der Waals surface area contributed by atoms with Gasteiger partial charge in [0.2, 0.25) is 5.91 Å². The highest BCUT2D eigenvalue weighted by Gasteiger charge is 2.49. The second kappa shape index (κ2) is 7.09. The van der Waals surface area contributed by atoms with E-state index in [1.807, 2.05) is 75.5 Å². The van der Waals surface area contributed by atoms with Crippen molar-refractivity contribution in [3.63, 3.8) is 0 Å². The number of carbonyl (C=O) groups excluding carboxylic acids is 2. The normalized spacial score (nSPS) is 19.0. The minimum absolute atomic E-state index is 0.206. The van der Waals surface area contributed by atoms with E-state index in [-0.39, 0.29) is 18.4 Å². The van der Waals surface area contributed by atoms with Gasteiger partial charge in [-0.05, 0) is 64.3 Å². The summed E-state index contributed by atoms with van der Waals surface area (Å²) in [5.74, 6) is -0.435. The number of thiophene rings is 1. The van der Waals surface area contributed by atoms with E-state index in [1.54, 1.807) is 27.8 Å². The van der Waals surface area contributed by atoms with E-state index in [9.17, 15) is 9.59 Å². The standard InChI is InChI=1S/C23H26N4O2S/c1-15-8-10-16(11-9-15)27-20(28)18-13-17(19-7-6-12-30-19)25-26(18)14-23(27,5)21(29)24-22(2,3)4/h6-13H,14H2,1-5H3,(H,24,29)/t23-/m0/s1. The number of fused-ring (bicyclic) bond motifs is 1. The van der Waals surface area contributed by atoms with E-state index in [0.717, 1.165) is 16.1 Å². The molecule has 0 bridgehead atoms. The molecule has 0 saturated heterocycles. The molecule has 1 atom stereocenters. The third-order valence-electron chi connectivity index (χ3n) is 5.20. The number of anilines is 1. The molecule has 156 valence electrons. The van der Waals surface area contributed by atoms with E-state index in [0.29, 0.717) is 11.4 Å². The van der Waals surface area contributed by atoms with Crippen LogP contribution in [0.2, 0.25) is 0 Å². The fourth-order valence-corrected chi connectivity index (χ4v) is 4.38. The van der Waals surface area contributed by atoms with Crippen molar-refractivity contribution in [3.8, 4) is 10.6 Å². The number of nitrogens with zero attached hydrogens (tertiary/aromatic N) is 3. The summed E-state index contributed by atoms with van der Waals surface area (Å²) in [7, 11) is 0. The first-order valence-electron chi connectivity index (χ1n) is 9.94. The summed E-state index contributed by atoms with van der Waals surface area (Å²) in [6.07, 6.45) is 0. The monoisotopic (exact) mass is 422 g/mol. The van der Waals surface area contributed by atoms with E-state index in [2.05, 4.69) is 10.4 Å². The molecule has 0 fully saturated rings. The predicted molar refractivity (Wildman–Crippen MR) is 120 cm³/mol. The maximum Gasteiger partial charge on any atom is 0.277 e. The summed E-state index contributed by atoms with van der Waals surface area (Å²) in [6, 6.07) is 13.4. The Hall–Kier alpha value is -2.93. The Kier molecular flexibility index (Phi) is 4.81. The van der Waals surface area contributed by atoms with Crippen LogP contribution in [0.25, 0.3) is 10.6 Å². The molecule has 2 aromatic heterocycles. The number of nitrogens with one attached hydrogen (secondary N) is 1. The molecular weight excluding hydrogens is 396 g/mol. The summed E-state index contributed by atoms with van der Waals surface area (Å²) in [5.41, 5.74) is 1.48. The van der Waals surface area contributed by atoms with Crippen molar-refractivity contribution < 1.29 is 9.59 Å². The van der Waals surface area contributed by atoms with Gasteiger partial charge in [0.1, 0.15) is 16.9 Å². The van der Waals surface area contributed by atoms with Gasteiger partial charge >= 0.3 is 0 Å². The minimum Gasteiger partial charge on any atom is -0.349 e. The van der Waals surface area contributed by atoms with Crippen LogP contribution in [0.5, 0.6) is 0 Å². The molecule has 1 aromatic carbocycles. The van der Waals surface area contributed by atoms with Crippen LogP contribution >= 0.6 is 11.3 Å². The molecule has 0 saturated carbocycles. The number of carbonyl (C=O) groups is 2. The first kappa shape index (κ1) is 20.3. The van der Waals surface area contributed by atoms with E-state index in [1.165, 1.54) is 0 Å². The van der Waals surface area contributed by atoms with Gasteiger partial charge in [0.05, 0.1) is 11.4 Å². The lowest BCUT2D eigenvalue weighted by Gasteiger charge is -2.44. The van der Waals surface area contributed by atoms with Crippen molar-refractivity contribution in [2.45, 2.75) is 52.2 Å². The number of aromatic nitrogens is 2. The van der Waals surface area contributed by atoms with Gasteiger partial charge in [-0.1, -0.05) is 23.8 Å². The Morgan fingerprint density at radius 1 is 1.20 bits per heavy atom. The molecule has 30 heavy (non-hydrogen) atoms. The van der Waals surface area contributed by atoms with Crippen molar-refractivity contribution in [2.75, 3.05) is 4.90 Å². The van der Waals surface area contributed by atoms with Crippen molar-refractivity contribution in [1.82, 2.24) is 15.1 Å². The van der Waals surface area contributed by atoms with E-state index < -0.39 is 11.1 Å². The minimum atomic E-state index is -1.12. The van der Waals surface area contributed by atoms with Gasteiger partial charge in [0, 0.05) is 11.2 Å². The van der Waals surface area contributed by atoms with Crippen molar-refractivity contribution in [2.24, 2.45) is 0 Å². The molecule has 1 aliphatic rings. The largest absolute Gasteiger partial charge is 0.349 e. The summed E-state index contributed by atoms with van der Waals surface area (Å²) in [5, 5.41) is 9.70. The third-order valence-corrected chi connectivity index (χ3v) is 6.09. The molecule has 3 heterocycles. The van der Waals surface area contributed by atoms with Gasteiger partial charge in [0.15, 0.2) is 0 Å². The van der Waals surface area contributed by atoms with Gasteiger partial charge in [-0.25, -0.2) is 0 Å². The average molecular weight is 423 g/mol. The summed E-state index contributed by atoms with van der Waals surface area (Å²) >= 11 is 1.57. The molecule has 1 N–H and O–H groups in total. The van der Waals surface area contributed by atoms with Gasteiger partial charge in [-0.15, -0.1) is 11.3 Å². The molecule has 7 heteroatoms. The van der Waals surface area contributed by atoms with Crippen LogP contribution in [-0.4, -0.2) is 32.7 Å². The second-order valence-electron chi connectivity index (χ2n) is 9.00. The quantitative estimate of drug-likeness (QED) is 0.686. The van der Waals surface area contributed by atoms with Crippen molar-refractivity contribution in [1.29, 1.82) is 0 Å². The van der Waals surface area contributed by atoms with Crippen LogP contribution in [0.1, 0.15) is 43.7 Å². The molecule has 3 aromatic rings. The van der Waals surface area contributed by atoms with Gasteiger partial charge < -0.3 is 5.32 Å². The molecule has 0 spiro atoms.